The van der Waals surface area contributed by atoms with Crippen LogP contribution in [-0.2, 0) is 6.18 Å². The predicted molar refractivity (Wildman–Crippen MR) is 64.4 cm³/mol. The summed E-state index contributed by atoms with van der Waals surface area (Å²) in [5.41, 5.74) is -1.47. The lowest BCUT2D eigenvalue weighted by molar-refractivity contribution is -0.140. The van der Waals surface area contributed by atoms with Crippen LogP contribution in [0.4, 0.5) is 17.6 Å². The molecule has 106 valence electrons. The Hall–Kier alpha value is -1.39. The van der Waals surface area contributed by atoms with Crippen LogP contribution in [0.5, 0.6) is 0 Å². The summed E-state index contributed by atoms with van der Waals surface area (Å²) in [5, 5.41) is 0. The minimum atomic E-state index is -4.78. The van der Waals surface area contributed by atoms with E-state index in [0.717, 1.165) is 18.9 Å². The lowest BCUT2D eigenvalue weighted by Crippen LogP contribution is -2.12. The molecular formula is C14H16F4O. The van der Waals surface area contributed by atoms with E-state index in [1.54, 1.807) is 0 Å². The molecule has 5 heteroatoms. The summed E-state index contributed by atoms with van der Waals surface area (Å²) in [7, 11) is 0. The van der Waals surface area contributed by atoms with Crippen LogP contribution >= 0.6 is 0 Å². The Morgan fingerprint density at radius 3 is 2.26 bits per heavy atom. The Bertz CT molecular complexity index is 447. The lowest BCUT2D eigenvalue weighted by atomic mass is 9.93. The molecule has 1 aromatic rings. The average molecular weight is 276 g/mol. The standard InChI is InChI=1S/C14H16F4O/c1-3-9(4-2)7-13(19)10-5-6-12(15)11(8-10)14(16,17)18/h5-6,8-9H,3-4,7H2,1-2H3. The Morgan fingerprint density at radius 1 is 1.21 bits per heavy atom. The summed E-state index contributed by atoms with van der Waals surface area (Å²) in [6, 6.07) is 2.40. The minimum Gasteiger partial charge on any atom is -0.294 e. The molecule has 0 aliphatic heterocycles. The summed E-state index contributed by atoms with van der Waals surface area (Å²) in [5.74, 6) is -1.59. The van der Waals surface area contributed by atoms with Crippen molar-refractivity contribution in [1.29, 1.82) is 0 Å². The zero-order valence-corrected chi connectivity index (χ0v) is 10.9. The molecule has 0 amide bonds. The molecule has 1 rings (SSSR count). The van der Waals surface area contributed by atoms with Crippen LogP contribution in [0.2, 0.25) is 0 Å². The second-order valence-electron chi connectivity index (χ2n) is 4.50. The van der Waals surface area contributed by atoms with Gasteiger partial charge in [0.2, 0.25) is 0 Å². The maximum absolute atomic E-state index is 13.1. The topological polar surface area (TPSA) is 17.1 Å². The minimum absolute atomic E-state index is 0.0828. The molecule has 0 unspecified atom stereocenters. The van der Waals surface area contributed by atoms with Gasteiger partial charge in [-0.1, -0.05) is 26.7 Å². The molecule has 0 spiro atoms. The van der Waals surface area contributed by atoms with Crippen molar-refractivity contribution in [2.45, 2.75) is 39.3 Å². The maximum Gasteiger partial charge on any atom is 0.419 e. The smallest absolute Gasteiger partial charge is 0.294 e. The predicted octanol–water partition coefficient (Wildman–Crippen LogP) is 4.85. The molecule has 0 radical (unpaired) electrons. The first-order valence-electron chi connectivity index (χ1n) is 6.19. The first-order valence-corrected chi connectivity index (χ1v) is 6.19. The Kier molecular flexibility index (Phi) is 5.09. The summed E-state index contributed by atoms with van der Waals surface area (Å²) in [6.07, 6.45) is -3.02. The number of carbonyl (C=O) groups excluding carboxylic acids is 1. The molecule has 1 nitrogen and oxygen atoms in total. The van der Waals surface area contributed by atoms with E-state index < -0.39 is 17.6 Å². The van der Waals surface area contributed by atoms with Crippen molar-refractivity contribution in [2.24, 2.45) is 5.92 Å². The van der Waals surface area contributed by atoms with E-state index in [2.05, 4.69) is 0 Å². The van der Waals surface area contributed by atoms with E-state index in [1.165, 1.54) is 0 Å². The van der Waals surface area contributed by atoms with Crippen LogP contribution in [-0.4, -0.2) is 5.78 Å². The van der Waals surface area contributed by atoms with E-state index in [0.29, 0.717) is 12.1 Å². The fourth-order valence-electron chi connectivity index (χ4n) is 1.87. The molecule has 0 N–H and O–H groups in total. The van der Waals surface area contributed by atoms with Crippen molar-refractivity contribution in [2.75, 3.05) is 0 Å². The SMILES string of the molecule is CCC(CC)CC(=O)c1ccc(F)c(C(F)(F)F)c1. The van der Waals surface area contributed by atoms with Crippen LogP contribution in [0.3, 0.4) is 0 Å². The molecule has 1 aromatic carbocycles. The van der Waals surface area contributed by atoms with E-state index in [9.17, 15) is 22.4 Å². The molecule has 0 aliphatic carbocycles. The highest BCUT2D eigenvalue weighted by molar-refractivity contribution is 5.96. The number of benzene rings is 1. The number of rotatable bonds is 5. The van der Waals surface area contributed by atoms with Gasteiger partial charge in [-0.3, -0.25) is 4.79 Å². The zero-order valence-electron chi connectivity index (χ0n) is 10.9. The van der Waals surface area contributed by atoms with Crippen molar-refractivity contribution in [3.8, 4) is 0 Å². The van der Waals surface area contributed by atoms with Crippen molar-refractivity contribution >= 4 is 5.78 Å². The third-order valence-electron chi connectivity index (χ3n) is 3.22. The highest BCUT2D eigenvalue weighted by atomic mass is 19.4. The number of Topliss-reactive ketones (excluding diaryl/α,β-unsaturated/α-hetero) is 1. The van der Waals surface area contributed by atoms with E-state index >= 15 is 0 Å². The van der Waals surface area contributed by atoms with Crippen molar-refractivity contribution < 1.29 is 22.4 Å². The maximum atomic E-state index is 13.1. The van der Waals surface area contributed by atoms with Gasteiger partial charge in [0.15, 0.2) is 5.78 Å². The fraction of sp³-hybridized carbons (Fsp3) is 0.500. The van der Waals surface area contributed by atoms with Crippen molar-refractivity contribution in [1.82, 2.24) is 0 Å². The van der Waals surface area contributed by atoms with Crippen LogP contribution in [0, 0.1) is 11.7 Å². The first kappa shape index (κ1) is 15.7. The number of carbonyl (C=O) groups is 1. The third kappa shape index (κ3) is 4.04. The van der Waals surface area contributed by atoms with E-state index in [1.807, 2.05) is 13.8 Å². The monoisotopic (exact) mass is 276 g/mol. The number of alkyl halides is 3. The average Bonchev–Trinajstić information content (AvgIpc) is 2.34. The largest absolute Gasteiger partial charge is 0.419 e. The van der Waals surface area contributed by atoms with Crippen LogP contribution < -0.4 is 0 Å². The second-order valence-corrected chi connectivity index (χ2v) is 4.50. The van der Waals surface area contributed by atoms with Gasteiger partial charge in [-0.2, -0.15) is 13.2 Å². The number of halogens is 4. The molecule has 0 aliphatic rings. The van der Waals surface area contributed by atoms with E-state index in [4.69, 9.17) is 0 Å². The van der Waals surface area contributed by atoms with Gasteiger partial charge in [0.05, 0.1) is 5.56 Å². The number of hydrogen-bond donors (Lipinski definition) is 0. The lowest BCUT2D eigenvalue weighted by Gasteiger charge is -2.13. The number of ketones is 1. The summed E-state index contributed by atoms with van der Waals surface area (Å²) < 4.78 is 50.7. The Balaban J connectivity index is 2.99. The van der Waals surface area contributed by atoms with Gasteiger partial charge in [-0.25, -0.2) is 4.39 Å². The van der Waals surface area contributed by atoms with Crippen LogP contribution in [0.25, 0.3) is 0 Å². The fourth-order valence-corrected chi connectivity index (χ4v) is 1.87. The summed E-state index contributed by atoms with van der Waals surface area (Å²) in [6.45, 7) is 3.85. The quantitative estimate of drug-likeness (QED) is 0.554. The molecule has 0 saturated carbocycles. The van der Waals surface area contributed by atoms with Gasteiger partial charge in [0.1, 0.15) is 5.82 Å². The van der Waals surface area contributed by atoms with Gasteiger partial charge in [0, 0.05) is 12.0 Å². The second kappa shape index (κ2) is 6.17. The first-order chi connectivity index (χ1) is 8.79. The van der Waals surface area contributed by atoms with Gasteiger partial charge in [-0.05, 0) is 24.1 Å². The van der Waals surface area contributed by atoms with E-state index in [-0.39, 0.29) is 23.7 Å². The zero-order chi connectivity index (χ0) is 14.6. The molecule has 0 fully saturated rings. The van der Waals surface area contributed by atoms with Gasteiger partial charge in [0.25, 0.3) is 0 Å². The molecule has 0 saturated heterocycles. The molecule has 0 bridgehead atoms. The molecule has 0 atom stereocenters. The third-order valence-corrected chi connectivity index (χ3v) is 3.22. The molecule has 0 heterocycles. The highest BCUT2D eigenvalue weighted by Gasteiger charge is 2.34. The summed E-state index contributed by atoms with van der Waals surface area (Å²) >= 11 is 0. The Morgan fingerprint density at radius 2 is 1.79 bits per heavy atom. The van der Waals surface area contributed by atoms with Gasteiger partial charge < -0.3 is 0 Å². The summed E-state index contributed by atoms with van der Waals surface area (Å²) in [4.78, 5) is 11.9. The van der Waals surface area contributed by atoms with Crippen LogP contribution in [0.15, 0.2) is 18.2 Å². The van der Waals surface area contributed by atoms with Gasteiger partial charge in [-0.15, -0.1) is 0 Å². The molecular weight excluding hydrogens is 260 g/mol. The molecule has 0 aromatic heterocycles. The Labute approximate surface area is 109 Å². The normalized spacial score (nSPS) is 11.9. The van der Waals surface area contributed by atoms with Crippen molar-refractivity contribution in [3.63, 3.8) is 0 Å². The molecule has 19 heavy (non-hydrogen) atoms. The van der Waals surface area contributed by atoms with Gasteiger partial charge >= 0.3 is 6.18 Å². The number of hydrogen-bond acceptors (Lipinski definition) is 1. The van der Waals surface area contributed by atoms with Crippen molar-refractivity contribution in [3.05, 3.63) is 35.1 Å². The van der Waals surface area contributed by atoms with Crippen LogP contribution in [0.1, 0.15) is 49.0 Å². The highest BCUT2D eigenvalue weighted by Crippen LogP contribution is 2.32.